The normalized spacial score (nSPS) is 16.0. The highest BCUT2D eigenvalue weighted by molar-refractivity contribution is 5.98. The zero-order valence-electron chi connectivity index (χ0n) is 15.1. The fraction of sp³-hybridized carbons (Fsp3) is 0.368. The molecule has 0 radical (unpaired) electrons. The molecule has 0 aliphatic heterocycles. The number of alkyl halides is 3. The van der Waals surface area contributed by atoms with E-state index in [0.29, 0.717) is 18.5 Å². The molecule has 4 rings (SSSR count). The molecule has 1 aliphatic rings. The molecular weight excluding hydrogens is 371 g/mol. The zero-order chi connectivity index (χ0) is 19.9. The van der Waals surface area contributed by atoms with Crippen LogP contribution in [-0.2, 0) is 0 Å². The summed E-state index contributed by atoms with van der Waals surface area (Å²) in [5, 5.41) is 2.14. The highest BCUT2D eigenvalue weighted by Gasteiger charge is 2.47. The quantitative estimate of drug-likeness (QED) is 0.741. The van der Waals surface area contributed by atoms with Gasteiger partial charge in [-0.05, 0) is 43.9 Å². The van der Waals surface area contributed by atoms with E-state index in [9.17, 15) is 18.0 Å². The Morgan fingerprint density at radius 1 is 1.36 bits per heavy atom. The molecule has 6 nitrogen and oxygen atoms in total. The third-order valence-electron chi connectivity index (χ3n) is 5.13. The van der Waals surface area contributed by atoms with Crippen LogP contribution in [0, 0.1) is 12.8 Å². The molecule has 1 N–H and O–H groups in total. The van der Waals surface area contributed by atoms with Crippen molar-refractivity contribution in [3.8, 4) is 11.3 Å². The average Bonchev–Trinajstić information content (AvgIpc) is 3.04. The number of amides is 1. The summed E-state index contributed by atoms with van der Waals surface area (Å²) in [6.07, 6.45) is 1.81. The van der Waals surface area contributed by atoms with Gasteiger partial charge < -0.3 is 5.32 Å². The van der Waals surface area contributed by atoms with Crippen molar-refractivity contribution in [2.75, 3.05) is 0 Å². The van der Waals surface area contributed by atoms with E-state index < -0.39 is 24.0 Å². The first-order valence-electron chi connectivity index (χ1n) is 8.97. The van der Waals surface area contributed by atoms with E-state index >= 15 is 0 Å². The Morgan fingerprint density at radius 3 is 2.75 bits per heavy atom. The maximum Gasteiger partial charge on any atom is 0.408 e. The molecule has 1 aliphatic carbocycles. The second kappa shape index (κ2) is 6.88. The average molecular weight is 389 g/mol. The minimum atomic E-state index is -4.50. The van der Waals surface area contributed by atoms with Crippen LogP contribution in [-0.4, -0.2) is 37.5 Å². The number of carbonyl (C=O) groups is 1. The summed E-state index contributed by atoms with van der Waals surface area (Å²) >= 11 is 0. The van der Waals surface area contributed by atoms with Gasteiger partial charge >= 0.3 is 6.18 Å². The fourth-order valence-electron chi connectivity index (χ4n) is 3.39. The van der Waals surface area contributed by atoms with Crippen LogP contribution < -0.4 is 5.32 Å². The van der Waals surface area contributed by atoms with Crippen LogP contribution in [0.5, 0.6) is 0 Å². The van der Waals surface area contributed by atoms with Crippen molar-refractivity contribution in [3.63, 3.8) is 0 Å². The molecule has 1 fully saturated rings. The van der Waals surface area contributed by atoms with Crippen molar-refractivity contribution in [2.45, 2.75) is 38.4 Å². The number of aromatic nitrogens is 4. The summed E-state index contributed by atoms with van der Waals surface area (Å²) in [7, 11) is 0. The second-order valence-corrected chi connectivity index (χ2v) is 6.99. The van der Waals surface area contributed by atoms with Gasteiger partial charge in [-0.3, -0.25) is 14.2 Å². The first-order chi connectivity index (χ1) is 13.3. The van der Waals surface area contributed by atoms with E-state index in [-0.39, 0.29) is 11.3 Å². The van der Waals surface area contributed by atoms with Crippen LogP contribution in [0.1, 0.15) is 35.4 Å². The number of nitrogens with one attached hydrogen (secondary N) is 1. The highest BCUT2D eigenvalue weighted by atomic mass is 19.4. The van der Waals surface area contributed by atoms with Crippen molar-refractivity contribution >= 4 is 11.6 Å². The van der Waals surface area contributed by atoms with E-state index in [1.807, 2.05) is 13.0 Å². The van der Waals surface area contributed by atoms with Gasteiger partial charge in [-0.15, -0.1) is 0 Å². The van der Waals surface area contributed by atoms with Gasteiger partial charge in [0.2, 0.25) is 0 Å². The molecule has 0 spiro atoms. The number of rotatable bonds is 4. The Hall–Kier alpha value is -2.97. The largest absolute Gasteiger partial charge is 0.408 e. The van der Waals surface area contributed by atoms with Gasteiger partial charge in [0.25, 0.3) is 5.91 Å². The Bertz CT molecular complexity index is 1010. The summed E-state index contributed by atoms with van der Waals surface area (Å²) in [5.41, 5.74) is 2.15. The van der Waals surface area contributed by atoms with E-state index in [2.05, 4.69) is 20.3 Å². The standard InChI is InChI=1S/C19H18F3N5O/c1-11-8-14(13-6-3-7-23-9-13)25-17-15(24-10-27(11)17)18(28)26-16(19(20,21)22)12-4-2-5-12/h3,6-10,12,16H,2,4-5H2,1H3,(H,26,28). The van der Waals surface area contributed by atoms with Crippen molar-refractivity contribution in [2.24, 2.45) is 5.92 Å². The molecule has 3 aromatic heterocycles. The molecule has 9 heteroatoms. The Labute approximate surface area is 158 Å². The fourth-order valence-corrected chi connectivity index (χ4v) is 3.39. The van der Waals surface area contributed by atoms with Crippen LogP contribution >= 0.6 is 0 Å². The summed E-state index contributed by atoms with van der Waals surface area (Å²) in [4.78, 5) is 25.2. The molecule has 1 saturated carbocycles. The maximum absolute atomic E-state index is 13.4. The number of pyridine rings is 1. The lowest BCUT2D eigenvalue weighted by atomic mass is 9.79. The molecule has 0 bridgehead atoms. The lowest BCUT2D eigenvalue weighted by Gasteiger charge is -2.35. The number of aryl methyl sites for hydroxylation is 1. The lowest BCUT2D eigenvalue weighted by Crippen LogP contribution is -2.52. The minimum absolute atomic E-state index is 0.123. The first kappa shape index (κ1) is 18.4. The number of carbonyl (C=O) groups excluding carboxylic acids is 1. The third kappa shape index (κ3) is 3.32. The summed E-state index contributed by atoms with van der Waals surface area (Å²) in [6, 6.07) is 3.51. The monoisotopic (exact) mass is 389 g/mol. The van der Waals surface area contributed by atoms with Crippen molar-refractivity contribution < 1.29 is 18.0 Å². The Balaban J connectivity index is 1.70. The van der Waals surface area contributed by atoms with Crippen LogP contribution in [0.15, 0.2) is 36.9 Å². The topological polar surface area (TPSA) is 72.2 Å². The van der Waals surface area contributed by atoms with E-state index in [1.54, 1.807) is 28.9 Å². The molecule has 0 saturated heterocycles. The van der Waals surface area contributed by atoms with Crippen LogP contribution in [0.3, 0.4) is 0 Å². The van der Waals surface area contributed by atoms with E-state index in [4.69, 9.17) is 0 Å². The predicted octanol–water partition coefficient (Wildman–Crippen LogP) is 3.56. The van der Waals surface area contributed by atoms with Crippen LogP contribution in [0.2, 0.25) is 0 Å². The molecule has 3 aromatic rings. The molecule has 3 heterocycles. The second-order valence-electron chi connectivity index (χ2n) is 6.99. The molecule has 0 aromatic carbocycles. The minimum Gasteiger partial charge on any atom is -0.339 e. The first-order valence-corrected chi connectivity index (χ1v) is 8.97. The number of halogens is 3. The van der Waals surface area contributed by atoms with E-state index in [0.717, 1.165) is 17.7 Å². The number of imidazole rings is 1. The van der Waals surface area contributed by atoms with Crippen molar-refractivity contribution in [1.82, 2.24) is 24.7 Å². The summed E-state index contributed by atoms with van der Waals surface area (Å²) in [6.45, 7) is 1.81. The summed E-state index contributed by atoms with van der Waals surface area (Å²) in [5.74, 6) is -1.45. The van der Waals surface area contributed by atoms with Gasteiger partial charge in [-0.1, -0.05) is 6.42 Å². The number of nitrogens with zero attached hydrogens (tertiary/aromatic N) is 4. The lowest BCUT2D eigenvalue weighted by molar-refractivity contribution is -0.171. The Morgan fingerprint density at radius 2 is 2.14 bits per heavy atom. The molecular formula is C19H18F3N5O. The van der Waals surface area contributed by atoms with Crippen LogP contribution in [0.25, 0.3) is 16.9 Å². The molecule has 28 heavy (non-hydrogen) atoms. The van der Waals surface area contributed by atoms with Crippen molar-refractivity contribution in [1.29, 1.82) is 0 Å². The maximum atomic E-state index is 13.4. The van der Waals surface area contributed by atoms with Gasteiger partial charge in [0, 0.05) is 23.7 Å². The van der Waals surface area contributed by atoms with Crippen molar-refractivity contribution in [3.05, 3.63) is 48.3 Å². The number of hydrogen-bond acceptors (Lipinski definition) is 4. The zero-order valence-corrected chi connectivity index (χ0v) is 15.1. The number of fused-ring (bicyclic) bond motifs is 1. The van der Waals surface area contributed by atoms with Gasteiger partial charge in [-0.2, -0.15) is 13.2 Å². The van der Waals surface area contributed by atoms with Crippen LogP contribution in [0.4, 0.5) is 13.2 Å². The smallest absolute Gasteiger partial charge is 0.339 e. The highest BCUT2D eigenvalue weighted by Crippen LogP contribution is 2.37. The van der Waals surface area contributed by atoms with Gasteiger partial charge in [0.15, 0.2) is 11.3 Å². The number of hydrogen-bond donors (Lipinski definition) is 1. The molecule has 1 unspecified atom stereocenters. The Kier molecular flexibility index (Phi) is 4.52. The van der Waals surface area contributed by atoms with Gasteiger partial charge in [-0.25, -0.2) is 9.97 Å². The predicted molar refractivity (Wildman–Crippen MR) is 95.6 cm³/mol. The molecule has 1 atom stereocenters. The SMILES string of the molecule is Cc1cc(-c2cccnc2)nc2c(C(=O)NC(C3CCC3)C(F)(F)F)ncn12. The molecule has 146 valence electrons. The van der Waals surface area contributed by atoms with E-state index in [1.165, 1.54) is 6.33 Å². The molecule has 1 amide bonds. The van der Waals surface area contributed by atoms with Gasteiger partial charge in [0.05, 0.1) is 5.69 Å². The van der Waals surface area contributed by atoms with Gasteiger partial charge in [0.1, 0.15) is 12.4 Å². The summed E-state index contributed by atoms with van der Waals surface area (Å²) < 4.78 is 41.8. The third-order valence-corrected chi connectivity index (χ3v) is 5.13.